The van der Waals surface area contributed by atoms with Crippen molar-refractivity contribution in [1.82, 2.24) is 4.98 Å². The van der Waals surface area contributed by atoms with Gasteiger partial charge in [0.1, 0.15) is 5.75 Å². The van der Waals surface area contributed by atoms with Gasteiger partial charge in [0.2, 0.25) is 0 Å². The summed E-state index contributed by atoms with van der Waals surface area (Å²) in [4.78, 5) is 3.13. The zero-order chi connectivity index (χ0) is 9.26. The van der Waals surface area contributed by atoms with Crippen LogP contribution in [0.3, 0.4) is 0 Å². The zero-order valence-electron chi connectivity index (χ0n) is 9.96. The molecule has 0 saturated carbocycles. The van der Waals surface area contributed by atoms with Crippen molar-refractivity contribution >= 4 is 48.6 Å². The van der Waals surface area contributed by atoms with Gasteiger partial charge in [-0.05, 0) is 36.7 Å². The van der Waals surface area contributed by atoms with E-state index in [-0.39, 0.29) is 40.6 Å². The van der Waals surface area contributed by atoms with Gasteiger partial charge in [0.15, 0.2) is 0 Å². The van der Waals surface area contributed by atoms with Crippen molar-refractivity contribution < 1.29 is 7.96 Å². The number of hydrogen-bond donors (Lipinski definition) is 3. The number of nitrogens with two attached hydrogens (primary N) is 1. The summed E-state index contributed by atoms with van der Waals surface area (Å²) in [5.74, 6) is 0.297. The van der Waals surface area contributed by atoms with Crippen LogP contribution in [0.5, 0.6) is 5.75 Å². The molecule has 2 rings (SSSR count). The molecule has 0 spiro atoms. The average molecular weight is 218 g/mol. The molecule has 2 aromatic rings. The molecule has 1 heterocycles. The fourth-order valence-corrected chi connectivity index (χ4v) is 1.53. The molecular weight excluding hydrogens is 204 g/mol. The number of rotatable bonds is 2. The second kappa shape index (κ2) is 5.03. The van der Waals surface area contributed by atoms with Crippen LogP contribution < -0.4 is 5.73 Å². The summed E-state index contributed by atoms with van der Waals surface area (Å²) in [6.45, 7) is 0.628. The Balaban J connectivity index is 0. The van der Waals surface area contributed by atoms with E-state index >= 15 is 0 Å². The van der Waals surface area contributed by atoms with Crippen LogP contribution in [0.25, 0.3) is 10.9 Å². The van der Waals surface area contributed by atoms with Crippen LogP contribution in [0.15, 0.2) is 24.4 Å². The topological polar surface area (TPSA) is 62.0 Å². The largest absolute Gasteiger partial charge is 2.00 e. The predicted molar refractivity (Wildman–Crippen MR) is 60.7 cm³/mol. The van der Waals surface area contributed by atoms with Crippen molar-refractivity contribution in [1.29, 1.82) is 0 Å². The van der Waals surface area contributed by atoms with Crippen LogP contribution in [0, 0.1) is 0 Å². The third-order valence-corrected chi connectivity index (χ3v) is 2.16. The summed E-state index contributed by atoms with van der Waals surface area (Å²) < 4.78 is 0. The second-order valence-electron chi connectivity index (χ2n) is 3.08. The van der Waals surface area contributed by atoms with Gasteiger partial charge >= 0.3 is 37.7 Å². The van der Waals surface area contributed by atoms with E-state index in [4.69, 9.17) is 5.73 Å². The normalized spacial score (nSPS) is 10.1. The van der Waals surface area contributed by atoms with Crippen LogP contribution in [-0.2, 0) is 6.42 Å². The van der Waals surface area contributed by atoms with Gasteiger partial charge in [0.05, 0.1) is 0 Å². The number of benzene rings is 1. The molecule has 0 atom stereocenters. The summed E-state index contributed by atoms with van der Waals surface area (Å²) >= 11 is 0. The third kappa shape index (κ3) is 2.23. The molecule has 14 heavy (non-hydrogen) atoms. The molecule has 0 unspecified atom stereocenters. The molecule has 1 aromatic heterocycles. The Kier molecular flexibility index (Phi) is 4.26. The number of aromatic nitrogens is 1. The fourth-order valence-electron chi connectivity index (χ4n) is 1.53. The Morgan fingerprint density at radius 2 is 2.21 bits per heavy atom. The van der Waals surface area contributed by atoms with E-state index in [0.717, 1.165) is 22.9 Å². The standard InChI is InChI=1S/C10H12N2O.Ca.2H/c11-4-3-7-6-12-10-2-1-8(13)5-9(7)10;;;/h1-2,5-6,12-13H,3-4,11H2;;;/q;+2;2*-1. The van der Waals surface area contributed by atoms with E-state index in [2.05, 4.69) is 4.98 Å². The predicted octanol–water partition coefficient (Wildman–Crippen LogP) is 1.22. The Hall–Kier alpha value is -0.220. The number of fused-ring (bicyclic) bond motifs is 1. The Labute approximate surface area is 115 Å². The molecule has 0 radical (unpaired) electrons. The number of H-pyrrole nitrogens is 1. The maximum absolute atomic E-state index is 9.30. The van der Waals surface area contributed by atoms with Gasteiger partial charge in [0.25, 0.3) is 0 Å². The molecule has 72 valence electrons. The van der Waals surface area contributed by atoms with Gasteiger partial charge in [-0.2, -0.15) is 0 Å². The molecule has 0 fully saturated rings. The molecule has 4 N–H and O–H groups in total. The zero-order valence-corrected chi connectivity index (χ0v) is 10.2. The summed E-state index contributed by atoms with van der Waals surface area (Å²) in [7, 11) is 0. The second-order valence-corrected chi connectivity index (χ2v) is 3.08. The van der Waals surface area contributed by atoms with Gasteiger partial charge in [-0.1, -0.05) is 0 Å². The van der Waals surface area contributed by atoms with Crippen molar-refractivity contribution in [2.75, 3.05) is 6.54 Å². The van der Waals surface area contributed by atoms with Crippen molar-refractivity contribution in [3.8, 4) is 5.75 Å². The van der Waals surface area contributed by atoms with Gasteiger partial charge in [-0.3, -0.25) is 0 Å². The van der Waals surface area contributed by atoms with Crippen LogP contribution in [-0.4, -0.2) is 54.4 Å². The molecule has 0 aliphatic rings. The van der Waals surface area contributed by atoms with Crippen molar-refractivity contribution in [3.05, 3.63) is 30.0 Å². The summed E-state index contributed by atoms with van der Waals surface area (Å²) in [6.07, 6.45) is 2.78. The molecule has 0 aliphatic carbocycles. The first kappa shape index (κ1) is 11.9. The molecule has 0 amide bonds. The third-order valence-electron chi connectivity index (χ3n) is 2.16. The maximum atomic E-state index is 9.30. The molecule has 0 saturated heterocycles. The van der Waals surface area contributed by atoms with E-state index in [1.165, 1.54) is 0 Å². The number of aromatic hydroxyl groups is 1. The first-order valence-electron chi connectivity index (χ1n) is 4.30. The number of nitrogens with one attached hydrogen (secondary N) is 1. The van der Waals surface area contributed by atoms with E-state index in [9.17, 15) is 5.11 Å². The van der Waals surface area contributed by atoms with Gasteiger partial charge in [-0.15, -0.1) is 0 Å². The summed E-state index contributed by atoms with van der Waals surface area (Å²) in [6, 6.07) is 5.30. The Morgan fingerprint density at radius 1 is 1.43 bits per heavy atom. The molecular formula is C10H14CaN2O. The van der Waals surface area contributed by atoms with Crippen LogP contribution in [0.2, 0.25) is 0 Å². The number of phenolic OH excluding ortho intramolecular Hbond substituents is 1. The first-order chi connectivity index (χ1) is 6.31. The molecule has 0 aliphatic heterocycles. The van der Waals surface area contributed by atoms with E-state index in [1.54, 1.807) is 12.1 Å². The summed E-state index contributed by atoms with van der Waals surface area (Å²) in [5.41, 5.74) is 7.68. The number of aromatic amines is 1. The average Bonchev–Trinajstić information content (AvgIpc) is 2.49. The number of phenols is 1. The van der Waals surface area contributed by atoms with Crippen molar-refractivity contribution in [3.63, 3.8) is 0 Å². The minimum absolute atomic E-state index is 0. The van der Waals surface area contributed by atoms with Gasteiger partial charge in [0, 0.05) is 17.1 Å². The smallest absolute Gasteiger partial charge is 1.00 e. The van der Waals surface area contributed by atoms with Gasteiger partial charge in [-0.25, -0.2) is 0 Å². The Morgan fingerprint density at radius 3 is 2.93 bits per heavy atom. The molecule has 3 nitrogen and oxygen atoms in total. The fraction of sp³-hybridized carbons (Fsp3) is 0.200. The summed E-state index contributed by atoms with van der Waals surface area (Å²) in [5, 5.41) is 10.4. The van der Waals surface area contributed by atoms with Crippen LogP contribution in [0.1, 0.15) is 8.42 Å². The van der Waals surface area contributed by atoms with Crippen molar-refractivity contribution in [2.45, 2.75) is 6.42 Å². The van der Waals surface area contributed by atoms with E-state index in [1.807, 2.05) is 12.3 Å². The molecule has 1 aromatic carbocycles. The monoisotopic (exact) mass is 218 g/mol. The maximum Gasteiger partial charge on any atom is 2.00 e. The first-order valence-corrected chi connectivity index (χ1v) is 4.30. The SMILES string of the molecule is NCCc1c[nH]c2ccc(O)cc12.[Ca+2].[H-].[H-]. The minimum atomic E-state index is 0. The quantitative estimate of drug-likeness (QED) is 0.664. The van der Waals surface area contributed by atoms with E-state index in [0.29, 0.717) is 12.3 Å². The molecule has 4 heteroatoms. The minimum Gasteiger partial charge on any atom is -1.00 e. The van der Waals surface area contributed by atoms with Gasteiger partial charge < -0.3 is 18.7 Å². The van der Waals surface area contributed by atoms with Crippen LogP contribution in [0.4, 0.5) is 0 Å². The van der Waals surface area contributed by atoms with Crippen LogP contribution >= 0.6 is 0 Å². The molecule has 0 bridgehead atoms. The Bertz CT molecular complexity index is 434. The number of hydrogen-bond acceptors (Lipinski definition) is 2. The van der Waals surface area contributed by atoms with Crippen molar-refractivity contribution in [2.24, 2.45) is 5.73 Å². The van der Waals surface area contributed by atoms with E-state index < -0.39 is 0 Å².